The van der Waals surface area contributed by atoms with Gasteiger partial charge in [-0.3, -0.25) is 4.79 Å². The fourth-order valence-electron chi connectivity index (χ4n) is 2.37. The van der Waals surface area contributed by atoms with Crippen LogP contribution >= 0.6 is 22.9 Å². The van der Waals surface area contributed by atoms with Crippen LogP contribution in [-0.2, 0) is 0 Å². The van der Waals surface area contributed by atoms with Gasteiger partial charge in [0.05, 0.1) is 21.1 Å². The Morgan fingerprint density at radius 1 is 1.11 bits per heavy atom. The fourth-order valence-corrected chi connectivity index (χ4v) is 3.40. The lowest BCUT2D eigenvalue weighted by Gasteiger charge is -2.02. The molecule has 0 aliphatic heterocycles. The van der Waals surface area contributed by atoms with Gasteiger partial charge in [0.2, 0.25) is 0 Å². The Labute approximate surface area is 116 Å². The first kappa shape index (κ1) is 11.0. The van der Waals surface area contributed by atoms with Gasteiger partial charge in [-0.15, -0.1) is 11.3 Å². The molecule has 4 rings (SSSR count). The van der Waals surface area contributed by atoms with E-state index in [2.05, 4.69) is 9.97 Å². The quantitative estimate of drug-likeness (QED) is 0.498. The average Bonchev–Trinajstić information content (AvgIpc) is 2.79. The van der Waals surface area contributed by atoms with E-state index >= 15 is 0 Å². The van der Waals surface area contributed by atoms with E-state index in [9.17, 15) is 4.79 Å². The molecule has 0 atom stereocenters. The summed E-state index contributed by atoms with van der Waals surface area (Å²) in [6.45, 7) is 0. The molecule has 2 aromatic heterocycles. The van der Waals surface area contributed by atoms with Crippen LogP contribution < -0.4 is 5.43 Å². The molecule has 0 aliphatic carbocycles. The molecule has 0 unspecified atom stereocenters. The minimum atomic E-state index is -0.00285. The van der Waals surface area contributed by atoms with Crippen molar-refractivity contribution in [1.29, 1.82) is 0 Å². The van der Waals surface area contributed by atoms with E-state index < -0.39 is 0 Å². The maximum absolute atomic E-state index is 12.6. The summed E-state index contributed by atoms with van der Waals surface area (Å²) < 4.78 is 1.38. The predicted molar refractivity (Wildman–Crippen MR) is 80.3 cm³/mol. The SMILES string of the molecule is O=c1c2ccccc2[nH]c2ccc3sc(Cl)nc3c12. The number of pyridine rings is 1. The summed E-state index contributed by atoms with van der Waals surface area (Å²) >= 11 is 7.33. The fraction of sp³-hybridized carbons (Fsp3) is 0. The summed E-state index contributed by atoms with van der Waals surface area (Å²) in [6, 6.07) is 11.3. The molecule has 2 aromatic carbocycles. The molecule has 4 aromatic rings. The standard InChI is InChI=1S/C14H7ClN2OS/c15-14-17-12-10(19-14)6-5-9-11(12)13(18)7-3-1-2-4-8(7)16-9/h1-6H,(H,16,18). The molecule has 2 heterocycles. The summed E-state index contributed by atoms with van der Waals surface area (Å²) in [4.78, 5) is 20.2. The van der Waals surface area contributed by atoms with E-state index in [0.717, 1.165) is 15.7 Å². The van der Waals surface area contributed by atoms with Crippen LogP contribution in [0.4, 0.5) is 0 Å². The second-order valence-electron chi connectivity index (χ2n) is 4.30. The minimum absolute atomic E-state index is 0.00285. The van der Waals surface area contributed by atoms with Crippen LogP contribution in [0, 0.1) is 0 Å². The van der Waals surface area contributed by atoms with E-state index in [0.29, 0.717) is 20.8 Å². The Kier molecular flexibility index (Phi) is 2.19. The van der Waals surface area contributed by atoms with E-state index in [1.54, 1.807) is 0 Å². The van der Waals surface area contributed by atoms with Gasteiger partial charge in [-0.1, -0.05) is 23.7 Å². The Balaban J connectivity index is 2.36. The highest BCUT2D eigenvalue weighted by molar-refractivity contribution is 7.22. The van der Waals surface area contributed by atoms with Crippen molar-refractivity contribution >= 4 is 55.0 Å². The average molecular weight is 287 g/mol. The van der Waals surface area contributed by atoms with Crippen molar-refractivity contribution < 1.29 is 0 Å². The maximum atomic E-state index is 12.6. The lowest BCUT2D eigenvalue weighted by molar-refractivity contribution is 1.47. The molecule has 0 fully saturated rings. The van der Waals surface area contributed by atoms with Crippen LogP contribution in [0.2, 0.25) is 4.47 Å². The molecule has 19 heavy (non-hydrogen) atoms. The number of aromatic nitrogens is 2. The zero-order chi connectivity index (χ0) is 13.0. The Hall–Kier alpha value is -1.91. The van der Waals surface area contributed by atoms with Crippen LogP contribution in [0.25, 0.3) is 32.0 Å². The number of para-hydroxylation sites is 1. The van der Waals surface area contributed by atoms with Crippen molar-refractivity contribution in [3.63, 3.8) is 0 Å². The normalized spacial score (nSPS) is 11.6. The number of rotatable bonds is 0. The van der Waals surface area contributed by atoms with Crippen molar-refractivity contribution in [1.82, 2.24) is 9.97 Å². The van der Waals surface area contributed by atoms with Crippen LogP contribution in [0.15, 0.2) is 41.2 Å². The van der Waals surface area contributed by atoms with Gasteiger partial charge in [0.15, 0.2) is 9.90 Å². The number of benzene rings is 2. The van der Waals surface area contributed by atoms with Gasteiger partial charge in [-0.2, -0.15) is 0 Å². The lowest BCUT2D eigenvalue weighted by atomic mass is 10.1. The van der Waals surface area contributed by atoms with E-state index in [1.165, 1.54) is 11.3 Å². The maximum Gasteiger partial charge on any atom is 0.199 e. The summed E-state index contributed by atoms with van der Waals surface area (Å²) in [7, 11) is 0. The lowest BCUT2D eigenvalue weighted by Crippen LogP contribution is -2.04. The first-order valence-electron chi connectivity index (χ1n) is 5.74. The Morgan fingerprint density at radius 3 is 2.84 bits per heavy atom. The van der Waals surface area contributed by atoms with Gasteiger partial charge in [0, 0.05) is 10.9 Å². The third kappa shape index (κ3) is 1.50. The third-order valence-electron chi connectivity index (χ3n) is 3.20. The second kappa shape index (κ2) is 3.79. The summed E-state index contributed by atoms with van der Waals surface area (Å²) in [5.41, 5.74) is 2.30. The number of nitrogens with one attached hydrogen (secondary N) is 1. The summed E-state index contributed by atoms with van der Waals surface area (Å²) in [5, 5.41) is 1.28. The van der Waals surface area contributed by atoms with Gasteiger partial charge >= 0.3 is 0 Å². The Bertz CT molecular complexity index is 1000. The molecule has 0 bridgehead atoms. The van der Waals surface area contributed by atoms with E-state index in [4.69, 9.17) is 11.6 Å². The van der Waals surface area contributed by atoms with Crippen LogP contribution in [0.1, 0.15) is 0 Å². The molecule has 0 radical (unpaired) electrons. The van der Waals surface area contributed by atoms with Crippen LogP contribution in [0.3, 0.4) is 0 Å². The minimum Gasteiger partial charge on any atom is -0.354 e. The van der Waals surface area contributed by atoms with Gasteiger partial charge in [0.1, 0.15) is 0 Å². The van der Waals surface area contributed by atoms with Gasteiger partial charge in [0.25, 0.3) is 0 Å². The molecule has 0 saturated carbocycles. The first-order valence-corrected chi connectivity index (χ1v) is 6.93. The number of halogens is 1. The van der Waals surface area contributed by atoms with Crippen molar-refractivity contribution in [2.45, 2.75) is 0 Å². The largest absolute Gasteiger partial charge is 0.354 e. The number of hydrogen-bond donors (Lipinski definition) is 1. The zero-order valence-electron chi connectivity index (χ0n) is 9.61. The van der Waals surface area contributed by atoms with E-state index in [-0.39, 0.29) is 5.43 Å². The second-order valence-corrected chi connectivity index (χ2v) is 5.91. The zero-order valence-corrected chi connectivity index (χ0v) is 11.2. The smallest absolute Gasteiger partial charge is 0.199 e. The predicted octanol–water partition coefficient (Wildman–Crippen LogP) is 3.94. The molecule has 0 aliphatic rings. The number of hydrogen-bond acceptors (Lipinski definition) is 3. The number of nitrogens with zero attached hydrogens (tertiary/aromatic N) is 1. The molecular weight excluding hydrogens is 280 g/mol. The van der Waals surface area contributed by atoms with Crippen LogP contribution in [-0.4, -0.2) is 9.97 Å². The monoisotopic (exact) mass is 286 g/mol. The van der Waals surface area contributed by atoms with Gasteiger partial charge in [-0.25, -0.2) is 4.98 Å². The third-order valence-corrected chi connectivity index (χ3v) is 4.33. The van der Waals surface area contributed by atoms with Crippen molar-refractivity contribution in [2.24, 2.45) is 0 Å². The highest BCUT2D eigenvalue weighted by Crippen LogP contribution is 2.30. The number of thiazole rings is 1. The molecule has 0 saturated heterocycles. The first-order chi connectivity index (χ1) is 9.24. The van der Waals surface area contributed by atoms with Gasteiger partial charge in [-0.05, 0) is 24.3 Å². The summed E-state index contributed by atoms with van der Waals surface area (Å²) in [5.74, 6) is 0. The number of H-pyrrole nitrogens is 1. The molecule has 0 spiro atoms. The Morgan fingerprint density at radius 2 is 1.95 bits per heavy atom. The van der Waals surface area contributed by atoms with Gasteiger partial charge < -0.3 is 4.98 Å². The topological polar surface area (TPSA) is 45.8 Å². The molecule has 3 nitrogen and oxygen atoms in total. The number of aromatic amines is 1. The van der Waals surface area contributed by atoms with E-state index in [1.807, 2.05) is 36.4 Å². The van der Waals surface area contributed by atoms with Crippen molar-refractivity contribution in [3.8, 4) is 0 Å². The molecular formula is C14H7ClN2OS. The molecule has 1 N–H and O–H groups in total. The van der Waals surface area contributed by atoms with Crippen molar-refractivity contribution in [2.75, 3.05) is 0 Å². The highest BCUT2D eigenvalue weighted by atomic mass is 35.5. The summed E-state index contributed by atoms with van der Waals surface area (Å²) in [6.07, 6.45) is 0. The number of fused-ring (bicyclic) bond motifs is 4. The van der Waals surface area contributed by atoms with Crippen LogP contribution in [0.5, 0.6) is 0 Å². The molecule has 92 valence electrons. The molecule has 0 amide bonds. The van der Waals surface area contributed by atoms with Crippen molar-refractivity contribution in [3.05, 3.63) is 51.1 Å². The highest BCUT2D eigenvalue weighted by Gasteiger charge is 2.11. The molecule has 5 heteroatoms.